The molecule has 1 N–H and O–H groups in total. The molecule has 0 aliphatic heterocycles. The highest BCUT2D eigenvalue weighted by molar-refractivity contribution is 5.94. The summed E-state index contributed by atoms with van der Waals surface area (Å²) in [5.41, 5.74) is 0.654. The van der Waals surface area contributed by atoms with E-state index < -0.39 is 0 Å². The molecule has 0 saturated carbocycles. The third-order valence-electron chi connectivity index (χ3n) is 3.52. The molecule has 2 aromatic carbocycles. The lowest BCUT2D eigenvalue weighted by molar-refractivity contribution is 0.215. The van der Waals surface area contributed by atoms with Gasteiger partial charge in [0.15, 0.2) is 0 Å². The summed E-state index contributed by atoms with van der Waals surface area (Å²) in [6.07, 6.45) is 0. The Labute approximate surface area is 113 Å². The van der Waals surface area contributed by atoms with Gasteiger partial charge in [-0.1, -0.05) is 38.1 Å². The SMILES string of the molecule is COc1cccc2c(OC)c(C(C)(C)CO)ccc12. The summed E-state index contributed by atoms with van der Waals surface area (Å²) < 4.78 is 11.0. The second-order valence-electron chi connectivity index (χ2n) is 5.24. The molecule has 2 aromatic rings. The Balaban J connectivity index is 2.77. The van der Waals surface area contributed by atoms with Gasteiger partial charge in [0.25, 0.3) is 0 Å². The summed E-state index contributed by atoms with van der Waals surface area (Å²) in [5.74, 6) is 1.62. The summed E-state index contributed by atoms with van der Waals surface area (Å²) in [7, 11) is 3.32. The van der Waals surface area contributed by atoms with E-state index in [9.17, 15) is 5.11 Å². The van der Waals surface area contributed by atoms with Gasteiger partial charge in [-0.15, -0.1) is 0 Å². The maximum atomic E-state index is 9.56. The van der Waals surface area contributed by atoms with Crippen molar-refractivity contribution in [1.29, 1.82) is 0 Å². The van der Waals surface area contributed by atoms with Crippen LogP contribution in [0.1, 0.15) is 19.4 Å². The van der Waals surface area contributed by atoms with Gasteiger partial charge in [-0.05, 0) is 6.07 Å². The zero-order valence-corrected chi connectivity index (χ0v) is 11.9. The van der Waals surface area contributed by atoms with E-state index in [1.165, 1.54) is 0 Å². The molecule has 0 amide bonds. The Morgan fingerprint density at radius 1 is 1.00 bits per heavy atom. The Bertz CT molecular complexity index is 588. The van der Waals surface area contributed by atoms with Gasteiger partial charge in [0, 0.05) is 21.8 Å². The molecule has 2 rings (SSSR count). The maximum Gasteiger partial charge on any atom is 0.130 e. The smallest absolute Gasteiger partial charge is 0.130 e. The van der Waals surface area contributed by atoms with Crippen molar-refractivity contribution in [1.82, 2.24) is 0 Å². The molecule has 0 bridgehead atoms. The monoisotopic (exact) mass is 260 g/mol. The van der Waals surface area contributed by atoms with Gasteiger partial charge in [0.05, 0.1) is 20.8 Å². The lowest BCUT2D eigenvalue weighted by atomic mass is 9.83. The molecule has 0 aromatic heterocycles. The number of rotatable bonds is 4. The van der Waals surface area contributed by atoms with Crippen molar-refractivity contribution >= 4 is 10.8 Å². The van der Waals surface area contributed by atoms with Crippen molar-refractivity contribution in [3.63, 3.8) is 0 Å². The fourth-order valence-electron chi connectivity index (χ4n) is 2.32. The number of methoxy groups -OCH3 is 2. The molecule has 0 unspecified atom stereocenters. The van der Waals surface area contributed by atoms with E-state index in [1.807, 2.05) is 44.2 Å². The minimum atomic E-state index is -0.345. The van der Waals surface area contributed by atoms with Crippen LogP contribution in [0.15, 0.2) is 30.3 Å². The van der Waals surface area contributed by atoms with Crippen LogP contribution in [-0.2, 0) is 5.41 Å². The number of ether oxygens (including phenoxy) is 2. The van der Waals surface area contributed by atoms with Gasteiger partial charge in [-0.3, -0.25) is 0 Å². The second-order valence-corrected chi connectivity index (χ2v) is 5.24. The first-order valence-electron chi connectivity index (χ1n) is 6.30. The fraction of sp³-hybridized carbons (Fsp3) is 0.375. The van der Waals surface area contributed by atoms with Gasteiger partial charge < -0.3 is 14.6 Å². The predicted molar refractivity (Wildman–Crippen MR) is 77.2 cm³/mol. The summed E-state index contributed by atoms with van der Waals surface area (Å²) in [5, 5.41) is 11.6. The Morgan fingerprint density at radius 3 is 2.32 bits per heavy atom. The van der Waals surface area contributed by atoms with Gasteiger partial charge in [-0.25, -0.2) is 0 Å². The average Bonchev–Trinajstić information content (AvgIpc) is 2.45. The highest BCUT2D eigenvalue weighted by atomic mass is 16.5. The number of aliphatic hydroxyl groups excluding tert-OH is 1. The van der Waals surface area contributed by atoms with Crippen LogP contribution in [0.5, 0.6) is 11.5 Å². The highest BCUT2D eigenvalue weighted by Gasteiger charge is 2.25. The average molecular weight is 260 g/mol. The van der Waals surface area contributed by atoms with Crippen LogP contribution < -0.4 is 9.47 Å². The van der Waals surface area contributed by atoms with Crippen molar-refractivity contribution in [2.45, 2.75) is 19.3 Å². The first kappa shape index (κ1) is 13.7. The molecule has 0 fully saturated rings. The van der Waals surface area contributed by atoms with Gasteiger partial charge in [-0.2, -0.15) is 0 Å². The lowest BCUT2D eigenvalue weighted by Gasteiger charge is -2.25. The molecule has 102 valence electrons. The normalized spacial score (nSPS) is 11.6. The zero-order valence-electron chi connectivity index (χ0n) is 11.9. The molecule has 0 radical (unpaired) electrons. The number of benzene rings is 2. The Kier molecular flexibility index (Phi) is 3.67. The van der Waals surface area contributed by atoms with Crippen molar-refractivity contribution in [2.75, 3.05) is 20.8 Å². The third kappa shape index (κ3) is 2.26. The molecule has 3 nitrogen and oxygen atoms in total. The Hall–Kier alpha value is -1.74. The van der Waals surface area contributed by atoms with Crippen LogP contribution in [0.25, 0.3) is 10.8 Å². The first-order valence-corrected chi connectivity index (χ1v) is 6.30. The van der Waals surface area contributed by atoms with Gasteiger partial charge in [0.1, 0.15) is 11.5 Å². The summed E-state index contributed by atoms with van der Waals surface area (Å²) in [6, 6.07) is 9.90. The predicted octanol–water partition coefficient (Wildman–Crippen LogP) is 3.13. The molecular formula is C16H20O3. The van der Waals surface area contributed by atoms with Crippen LogP contribution in [0.3, 0.4) is 0 Å². The molecule has 0 spiro atoms. The van der Waals surface area contributed by atoms with Crippen LogP contribution in [0, 0.1) is 0 Å². The summed E-state index contributed by atoms with van der Waals surface area (Å²) in [6.45, 7) is 4.06. The minimum absolute atomic E-state index is 0.0683. The van der Waals surface area contributed by atoms with Gasteiger partial charge >= 0.3 is 0 Å². The van der Waals surface area contributed by atoms with E-state index >= 15 is 0 Å². The number of hydrogen-bond donors (Lipinski definition) is 1. The van der Waals surface area contributed by atoms with E-state index in [0.29, 0.717) is 0 Å². The lowest BCUT2D eigenvalue weighted by Crippen LogP contribution is -2.22. The number of hydrogen-bond acceptors (Lipinski definition) is 3. The topological polar surface area (TPSA) is 38.7 Å². The molecule has 0 atom stereocenters. The maximum absolute atomic E-state index is 9.56. The Morgan fingerprint density at radius 2 is 1.74 bits per heavy atom. The quantitative estimate of drug-likeness (QED) is 0.918. The van der Waals surface area contributed by atoms with Crippen LogP contribution in [-0.4, -0.2) is 25.9 Å². The molecule has 0 aliphatic rings. The number of fused-ring (bicyclic) bond motifs is 1. The van der Waals surface area contributed by atoms with Gasteiger partial charge in [0.2, 0.25) is 0 Å². The first-order chi connectivity index (χ1) is 9.05. The molecule has 0 heterocycles. The van der Waals surface area contributed by atoms with E-state index in [-0.39, 0.29) is 12.0 Å². The molecule has 3 heteroatoms. The van der Waals surface area contributed by atoms with Crippen LogP contribution in [0.4, 0.5) is 0 Å². The van der Waals surface area contributed by atoms with Crippen LogP contribution >= 0.6 is 0 Å². The number of aliphatic hydroxyl groups is 1. The van der Waals surface area contributed by atoms with Crippen LogP contribution in [0.2, 0.25) is 0 Å². The van der Waals surface area contributed by atoms with E-state index in [4.69, 9.17) is 9.47 Å². The third-order valence-corrected chi connectivity index (χ3v) is 3.52. The zero-order chi connectivity index (χ0) is 14.0. The molecule has 0 aliphatic carbocycles. The van der Waals surface area contributed by atoms with Crippen molar-refractivity contribution in [3.05, 3.63) is 35.9 Å². The van der Waals surface area contributed by atoms with Crippen molar-refractivity contribution < 1.29 is 14.6 Å². The highest BCUT2D eigenvalue weighted by Crippen LogP contribution is 2.39. The molecule has 0 saturated heterocycles. The second kappa shape index (κ2) is 5.10. The van der Waals surface area contributed by atoms with E-state index in [0.717, 1.165) is 27.8 Å². The van der Waals surface area contributed by atoms with E-state index in [2.05, 4.69) is 0 Å². The minimum Gasteiger partial charge on any atom is -0.496 e. The van der Waals surface area contributed by atoms with Crippen molar-refractivity contribution in [3.8, 4) is 11.5 Å². The largest absolute Gasteiger partial charge is 0.496 e. The summed E-state index contributed by atoms with van der Waals surface area (Å²) >= 11 is 0. The standard InChI is InChI=1S/C16H20O3/c1-16(2,10-17)13-9-8-11-12(15(13)19-4)6-5-7-14(11)18-3/h5-9,17H,10H2,1-4H3. The van der Waals surface area contributed by atoms with Crippen molar-refractivity contribution in [2.24, 2.45) is 0 Å². The fourth-order valence-corrected chi connectivity index (χ4v) is 2.32. The summed E-state index contributed by atoms with van der Waals surface area (Å²) in [4.78, 5) is 0. The molecular weight excluding hydrogens is 240 g/mol. The molecule has 19 heavy (non-hydrogen) atoms. The van der Waals surface area contributed by atoms with E-state index in [1.54, 1.807) is 14.2 Å².